The van der Waals surface area contributed by atoms with E-state index >= 15 is 0 Å². The van der Waals surface area contributed by atoms with Crippen molar-refractivity contribution >= 4 is 10.1 Å². The summed E-state index contributed by atoms with van der Waals surface area (Å²) in [5, 5.41) is -3.93. The zero-order valence-corrected chi connectivity index (χ0v) is 14.9. The van der Waals surface area contributed by atoms with Gasteiger partial charge in [0.2, 0.25) is 0 Å². The topological polar surface area (TPSA) is 46.6 Å². The van der Waals surface area contributed by atoms with Gasteiger partial charge < -0.3 is 0 Å². The van der Waals surface area contributed by atoms with Gasteiger partial charge in [-0.2, -0.15) is 17.2 Å². The molecule has 4 nitrogen and oxygen atoms in total. The Kier molecular flexibility index (Phi) is 7.33. The molecule has 0 saturated heterocycles. The standard InChI is InChI=1S/C17H23F2NO3S/c1-5-12-17(18,19)24(21,22)23-16(14(3)20(4)13-6-2)15-10-8-7-9-11-15/h2,7-11,14,16H,5,12-13H2,1,3-4H3/t14-,16-/m1/s1. The number of hydrogen-bond acceptors (Lipinski definition) is 4. The first kappa shape index (κ1) is 20.6. The lowest BCUT2D eigenvalue weighted by molar-refractivity contribution is 0.0398. The van der Waals surface area contributed by atoms with Gasteiger partial charge in [-0.1, -0.05) is 43.2 Å². The van der Waals surface area contributed by atoms with E-state index < -0.39 is 33.9 Å². The third-order valence-corrected chi connectivity index (χ3v) is 5.14. The first-order chi connectivity index (χ1) is 11.2. The minimum absolute atomic E-state index is 0.0259. The number of alkyl halides is 2. The second-order valence-corrected chi connectivity index (χ2v) is 7.33. The summed E-state index contributed by atoms with van der Waals surface area (Å²) in [6.45, 7) is 3.41. The maximum absolute atomic E-state index is 13.9. The third-order valence-electron chi connectivity index (χ3n) is 3.74. The summed E-state index contributed by atoms with van der Waals surface area (Å²) in [5.74, 6) is 2.44. The first-order valence-electron chi connectivity index (χ1n) is 7.65. The van der Waals surface area contributed by atoms with Gasteiger partial charge in [0.15, 0.2) is 0 Å². The Morgan fingerprint density at radius 2 is 1.92 bits per heavy atom. The number of nitrogens with zero attached hydrogens (tertiary/aromatic N) is 1. The molecule has 0 aromatic heterocycles. The van der Waals surface area contributed by atoms with Crippen LogP contribution in [0.15, 0.2) is 30.3 Å². The minimum Gasteiger partial charge on any atom is -0.290 e. The molecule has 0 heterocycles. The summed E-state index contributed by atoms with van der Waals surface area (Å²) in [7, 11) is -3.39. The number of halogens is 2. The van der Waals surface area contributed by atoms with Crippen LogP contribution in [0.2, 0.25) is 0 Å². The molecule has 0 aliphatic rings. The van der Waals surface area contributed by atoms with Gasteiger partial charge in [0, 0.05) is 12.5 Å². The summed E-state index contributed by atoms with van der Waals surface area (Å²) in [6.07, 6.45) is 3.43. The number of rotatable bonds is 9. The Balaban J connectivity index is 3.18. The Labute approximate surface area is 142 Å². The van der Waals surface area contributed by atoms with Gasteiger partial charge in [0.25, 0.3) is 0 Å². The van der Waals surface area contributed by atoms with Crippen molar-refractivity contribution in [2.75, 3.05) is 13.6 Å². The second kappa shape index (κ2) is 8.56. The van der Waals surface area contributed by atoms with Crippen molar-refractivity contribution in [3.63, 3.8) is 0 Å². The Bertz CT molecular complexity index is 656. The molecule has 1 aromatic rings. The van der Waals surface area contributed by atoms with Crippen molar-refractivity contribution in [3.05, 3.63) is 35.9 Å². The molecule has 0 spiro atoms. The van der Waals surface area contributed by atoms with E-state index in [0.29, 0.717) is 5.56 Å². The highest BCUT2D eigenvalue weighted by Gasteiger charge is 2.47. The number of benzene rings is 1. The normalized spacial score (nSPS) is 15.0. The monoisotopic (exact) mass is 359 g/mol. The molecule has 1 aromatic carbocycles. The van der Waals surface area contributed by atoms with Crippen molar-refractivity contribution in [2.24, 2.45) is 0 Å². The minimum atomic E-state index is -5.07. The van der Waals surface area contributed by atoms with E-state index in [2.05, 4.69) is 5.92 Å². The number of hydrogen-bond donors (Lipinski definition) is 0. The highest BCUT2D eigenvalue weighted by molar-refractivity contribution is 7.87. The van der Waals surface area contributed by atoms with Crippen LogP contribution in [0.1, 0.15) is 38.4 Å². The van der Waals surface area contributed by atoms with Crippen LogP contribution in [0.3, 0.4) is 0 Å². The number of terminal acetylenes is 1. The van der Waals surface area contributed by atoms with Crippen LogP contribution in [0.25, 0.3) is 0 Å². The van der Waals surface area contributed by atoms with Crippen molar-refractivity contribution in [3.8, 4) is 12.3 Å². The molecule has 7 heteroatoms. The van der Waals surface area contributed by atoms with E-state index in [0.717, 1.165) is 0 Å². The van der Waals surface area contributed by atoms with Gasteiger partial charge in [-0.15, -0.1) is 6.42 Å². The van der Waals surface area contributed by atoms with Crippen LogP contribution >= 0.6 is 0 Å². The van der Waals surface area contributed by atoms with Crippen molar-refractivity contribution in [1.82, 2.24) is 4.90 Å². The molecular weight excluding hydrogens is 336 g/mol. The fraction of sp³-hybridized carbons (Fsp3) is 0.529. The molecule has 0 fully saturated rings. The molecule has 0 aliphatic carbocycles. The van der Waals surface area contributed by atoms with Gasteiger partial charge in [0.1, 0.15) is 6.10 Å². The maximum atomic E-state index is 13.9. The van der Waals surface area contributed by atoms with E-state index in [1.54, 1.807) is 49.2 Å². The maximum Gasteiger partial charge on any atom is 0.370 e. The lowest BCUT2D eigenvalue weighted by Crippen LogP contribution is -2.39. The van der Waals surface area contributed by atoms with Gasteiger partial charge in [-0.25, -0.2) is 0 Å². The van der Waals surface area contributed by atoms with E-state index in [9.17, 15) is 17.2 Å². The van der Waals surface area contributed by atoms with E-state index in [-0.39, 0.29) is 13.0 Å². The van der Waals surface area contributed by atoms with Crippen molar-refractivity contribution in [2.45, 2.75) is 44.1 Å². The van der Waals surface area contributed by atoms with Gasteiger partial charge >= 0.3 is 15.4 Å². The van der Waals surface area contributed by atoms with Crippen LogP contribution < -0.4 is 0 Å². The zero-order chi connectivity index (χ0) is 18.4. The van der Waals surface area contributed by atoms with Crippen LogP contribution in [-0.2, 0) is 14.3 Å². The van der Waals surface area contributed by atoms with Gasteiger partial charge in [-0.05, 0) is 26.0 Å². The smallest absolute Gasteiger partial charge is 0.290 e. The fourth-order valence-corrected chi connectivity index (χ4v) is 3.34. The zero-order valence-electron chi connectivity index (χ0n) is 14.1. The predicted octanol–water partition coefficient (Wildman–Crippen LogP) is 3.42. The van der Waals surface area contributed by atoms with Crippen LogP contribution in [0.5, 0.6) is 0 Å². The lowest BCUT2D eigenvalue weighted by atomic mass is 10.0. The summed E-state index contributed by atoms with van der Waals surface area (Å²) in [4.78, 5) is 1.67. The fourth-order valence-electron chi connectivity index (χ4n) is 2.20. The van der Waals surface area contributed by atoms with Crippen LogP contribution in [0, 0.1) is 12.3 Å². The Hall–Kier alpha value is -1.49. The van der Waals surface area contributed by atoms with Crippen molar-refractivity contribution in [1.29, 1.82) is 0 Å². The molecule has 0 N–H and O–H groups in total. The quantitative estimate of drug-likeness (QED) is 0.501. The summed E-state index contributed by atoms with van der Waals surface area (Å²) in [6, 6.07) is 7.88. The third kappa shape index (κ3) is 5.00. The predicted molar refractivity (Wildman–Crippen MR) is 90.0 cm³/mol. The average molecular weight is 359 g/mol. The van der Waals surface area contributed by atoms with Gasteiger partial charge in [0.05, 0.1) is 6.54 Å². The first-order valence-corrected chi connectivity index (χ1v) is 9.06. The molecule has 0 bridgehead atoms. The number of likely N-dealkylation sites (N-methyl/N-ethyl adjacent to an activating group) is 1. The molecule has 0 aliphatic heterocycles. The molecule has 0 radical (unpaired) electrons. The van der Waals surface area contributed by atoms with E-state index in [1.807, 2.05) is 0 Å². The van der Waals surface area contributed by atoms with E-state index in [4.69, 9.17) is 10.6 Å². The van der Waals surface area contributed by atoms with Gasteiger partial charge in [-0.3, -0.25) is 9.08 Å². The average Bonchev–Trinajstić information content (AvgIpc) is 2.53. The lowest BCUT2D eigenvalue weighted by Gasteiger charge is -2.31. The van der Waals surface area contributed by atoms with Crippen LogP contribution in [0.4, 0.5) is 8.78 Å². The SMILES string of the molecule is C#CCN(C)[C@H](C)[C@@H](OS(=O)(=O)C(F)(F)CCC)c1ccccc1. The highest BCUT2D eigenvalue weighted by Crippen LogP contribution is 2.34. The summed E-state index contributed by atoms with van der Waals surface area (Å²) >= 11 is 0. The largest absolute Gasteiger partial charge is 0.370 e. The second-order valence-electron chi connectivity index (χ2n) is 5.63. The Morgan fingerprint density at radius 1 is 1.33 bits per heavy atom. The Morgan fingerprint density at radius 3 is 2.42 bits per heavy atom. The molecule has 0 saturated carbocycles. The van der Waals surface area contributed by atoms with E-state index in [1.165, 1.54) is 6.92 Å². The van der Waals surface area contributed by atoms with Crippen LogP contribution in [-0.4, -0.2) is 38.2 Å². The molecule has 134 valence electrons. The van der Waals surface area contributed by atoms with Crippen molar-refractivity contribution < 1.29 is 21.4 Å². The molecule has 1 rings (SSSR count). The summed E-state index contributed by atoms with van der Waals surface area (Å²) in [5.41, 5.74) is 0.491. The molecule has 0 amide bonds. The molecular formula is C17H23F2NO3S. The molecule has 0 unspecified atom stereocenters. The molecule has 24 heavy (non-hydrogen) atoms. The highest BCUT2D eigenvalue weighted by atomic mass is 32.2. The molecule has 2 atom stereocenters. The summed E-state index contributed by atoms with van der Waals surface area (Å²) < 4.78 is 57.0.